The van der Waals surface area contributed by atoms with Crippen molar-refractivity contribution in [3.8, 4) is 0 Å². The van der Waals surface area contributed by atoms with E-state index in [2.05, 4.69) is 10.6 Å². The Morgan fingerprint density at radius 3 is 2.60 bits per heavy atom. The molecule has 2 fully saturated rings. The topological polar surface area (TPSA) is 61.4 Å². The van der Waals surface area contributed by atoms with Crippen LogP contribution in [0.5, 0.6) is 0 Å². The summed E-state index contributed by atoms with van der Waals surface area (Å²) in [6.07, 6.45) is 5.96. The fourth-order valence-corrected chi connectivity index (χ4v) is 2.06. The summed E-state index contributed by atoms with van der Waals surface area (Å²) in [5, 5.41) is 15.7. The van der Waals surface area contributed by atoms with Crippen LogP contribution in [0.1, 0.15) is 38.5 Å². The van der Waals surface area contributed by atoms with Gasteiger partial charge in [-0.2, -0.15) is 0 Å². The lowest BCUT2D eigenvalue weighted by Crippen LogP contribution is -2.47. The Kier molecular flexibility index (Phi) is 3.59. The predicted molar refractivity (Wildman–Crippen MR) is 57.4 cm³/mol. The van der Waals surface area contributed by atoms with Crippen LogP contribution in [0.25, 0.3) is 0 Å². The Labute approximate surface area is 90.4 Å². The van der Waals surface area contributed by atoms with Gasteiger partial charge in [0.15, 0.2) is 0 Å². The molecule has 1 amide bonds. The molecule has 2 rings (SSSR count). The van der Waals surface area contributed by atoms with Crippen molar-refractivity contribution in [2.75, 3.05) is 6.54 Å². The van der Waals surface area contributed by atoms with Crippen molar-refractivity contribution in [2.45, 2.75) is 56.7 Å². The predicted octanol–water partition coefficient (Wildman–Crippen LogP) is 0.158. The lowest BCUT2D eigenvalue weighted by atomic mass is 9.92. The van der Waals surface area contributed by atoms with E-state index >= 15 is 0 Å². The minimum absolute atomic E-state index is 0.0211. The summed E-state index contributed by atoms with van der Waals surface area (Å²) in [6, 6.07) is 0.541. The van der Waals surface area contributed by atoms with Crippen LogP contribution in [0.3, 0.4) is 0 Å². The van der Waals surface area contributed by atoms with Gasteiger partial charge in [-0.25, -0.2) is 0 Å². The van der Waals surface area contributed by atoms with Gasteiger partial charge in [0, 0.05) is 6.04 Å². The van der Waals surface area contributed by atoms with Crippen LogP contribution >= 0.6 is 0 Å². The van der Waals surface area contributed by atoms with Crippen molar-refractivity contribution in [3.63, 3.8) is 0 Å². The molecule has 4 heteroatoms. The fraction of sp³-hybridized carbons (Fsp3) is 0.909. The maximum atomic E-state index is 11.5. The summed E-state index contributed by atoms with van der Waals surface area (Å²) in [7, 11) is 0. The number of hydrogen-bond acceptors (Lipinski definition) is 3. The van der Waals surface area contributed by atoms with Crippen LogP contribution in [0, 0.1) is 0 Å². The van der Waals surface area contributed by atoms with Crippen LogP contribution in [-0.2, 0) is 4.79 Å². The molecule has 86 valence electrons. The van der Waals surface area contributed by atoms with Gasteiger partial charge >= 0.3 is 0 Å². The van der Waals surface area contributed by atoms with Crippen molar-refractivity contribution >= 4 is 5.91 Å². The molecule has 0 unspecified atom stereocenters. The second-order valence-electron chi connectivity index (χ2n) is 4.68. The highest BCUT2D eigenvalue weighted by atomic mass is 16.3. The van der Waals surface area contributed by atoms with Gasteiger partial charge in [0.25, 0.3) is 0 Å². The standard InChI is InChI=1S/C11H20N2O2/c14-10-4-2-1-3-9(10)13-11(15)7-12-8-5-6-8/h8-10,12,14H,1-7H2,(H,13,15)/t9-,10-/m1/s1. The number of aliphatic hydroxyl groups is 1. The van der Waals surface area contributed by atoms with Gasteiger partial charge in [-0.15, -0.1) is 0 Å². The van der Waals surface area contributed by atoms with Crippen LogP contribution in [0.4, 0.5) is 0 Å². The molecule has 0 heterocycles. The minimum Gasteiger partial charge on any atom is -0.391 e. The van der Waals surface area contributed by atoms with E-state index in [0.717, 1.165) is 25.7 Å². The first kappa shape index (κ1) is 10.9. The van der Waals surface area contributed by atoms with E-state index in [9.17, 15) is 9.90 Å². The third kappa shape index (κ3) is 3.47. The molecular weight excluding hydrogens is 192 g/mol. The lowest BCUT2D eigenvalue weighted by Gasteiger charge is -2.28. The molecule has 2 atom stereocenters. The average Bonchev–Trinajstić information content (AvgIpc) is 3.02. The first-order valence-corrected chi connectivity index (χ1v) is 5.96. The van der Waals surface area contributed by atoms with Crippen molar-refractivity contribution in [1.82, 2.24) is 10.6 Å². The molecule has 0 aromatic heterocycles. The molecule has 2 aliphatic rings. The molecule has 0 radical (unpaired) electrons. The largest absolute Gasteiger partial charge is 0.391 e. The Hall–Kier alpha value is -0.610. The van der Waals surface area contributed by atoms with Gasteiger partial charge in [-0.3, -0.25) is 4.79 Å². The summed E-state index contributed by atoms with van der Waals surface area (Å²) in [4.78, 5) is 11.5. The Morgan fingerprint density at radius 2 is 1.93 bits per heavy atom. The van der Waals surface area contributed by atoms with E-state index in [-0.39, 0.29) is 18.1 Å². The van der Waals surface area contributed by atoms with Gasteiger partial charge in [0.2, 0.25) is 5.91 Å². The lowest BCUT2D eigenvalue weighted by molar-refractivity contribution is -0.122. The molecule has 0 spiro atoms. The highest BCUT2D eigenvalue weighted by molar-refractivity contribution is 5.78. The Morgan fingerprint density at radius 1 is 1.20 bits per heavy atom. The van der Waals surface area contributed by atoms with Gasteiger partial charge < -0.3 is 15.7 Å². The average molecular weight is 212 g/mol. The minimum atomic E-state index is -0.344. The second kappa shape index (κ2) is 4.94. The summed E-state index contributed by atoms with van der Waals surface area (Å²) in [5.74, 6) is 0.0212. The van der Waals surface area contributed by atoms with Crippen LogP contribution in [-0.4, -0.2) is 35.7 Å². The number of aliphatic hydroxyl groups excluding tert-OH is 1. The first-order chi connectivity index (χ1) is 7.25. The Balaban J connectivity index is 1.66. The van der Waals surface area contributed by atoms with Crippen LogP contribution < -0.4 is 10.6 Å². The van der Waals surface area contributed by atoms with Crippen LogP contribution in [0.2, 0.25) is 0 Å². The molecule has 0 bridgehead atoms. The summed E-state index contributed by atoms with van der Waals surface area (Å²) < 4.78 is 0. The van der Waals surface area contributed by atoms with E-state index < -0.39 is 0 Å². The molecule has 0 aliphatic heterocycles. The zero-order valence-corrected chi connectivity index (χ0v) is 9.04. The monoisotopic (exact) mass is 212 g/mol. The van der Waals surface area contributed by atoms with E-state index in [4.69, 9.17) is 0 Å². The van der Waals surface area contributed by atoms with Gasteiger partial charge in [-0.05, 0) is 25.7 Å². The zero-order chi connectivity index (χ0) is 10.7. The first-order valence-electron chi connectivity index (χ1n) is 5.96. The SMILES string of the molecule is O=C(CNC1CC1)N[C@@H]1CCCC[C@H]1O. The maximum Gasteiger partial charge on any atom is 0.234 e. The van der Waals surface area contributed by atoms with E-state index in [1.54, 1.807) is 0 Å². The molecule has 0 aromatic rings. The molecule has 0 saturated heterocycles. The number of amides is 1. The zero-order valence-electron chi connectivity index (χ0n) is 9.04. The molecule has 0 aromatic carbocycles. The summed E-state index contributed by atoms with van der Waals surface area (Å²) in [6.45, 7) is 0.397. The molecule has 4 nitrogen and oxygen atoms in total. The van der Waals surface area contributed by atoms with Gasteiger partial charge in [0.1, 0.15) is 0 Å². The van der Waals surface area contributed by atoms with E-state index in [0.29, 0.717) is 12.6 Å². The van der Waals surface area contributed by atoms with E-state index in [1.165, 1.54) is 12.8 Å². The van der Waals surface area contributed by atoms with Crippen molar-refractivity contribution in [1.29, 1.82) is 0 Å². The number of carbonyl (C=O) groups is 1. The molecule has 2 saturated carbocycles. The second-order valence-corrected chi connectivity index (χ2v) is 4.68. The summed E-state index contributed by atoms with van der Waals surface area (Å²) >= 11 is 0. The van der Waals surface area contributed by atoms with Crippen molar-refractivity contribution < 1.29 is 9.90 Å². The van der Waals surface area contributed by atoms with Gasteiger partial charge in [0.05, 0.1) is 18.7 Å². The highest BCUT2D eigenvalue weighted by Crippen LogP contribution is 2.19. The maximum absolute atomic E-state index is 11.5. The molecule has 15 heavy (non-hydrogen) atoms. The van der Waals surface area contributed by atoms with Crippen molar-refractivity contribution in [3.05, 3.63) is 0 Å². The van der Waals surface area contributed by atoms with E-state index in [1.807, 2.05) is 0 Å². The number of nitrogens with one attached hydrogen (secondary N) is 2. The molecule has 3 N–H and O–H groups in total. The third-order valence-electron chi connectivity index (χ3n) is 3.20. The molecule has 2 aliphatic carbocycles. The molecular formula is C11H20N2O2. The number of hydrogen-bond donors (Lipinski definition) is 3. The number of carbonyl (C=O) groups excluding carboxylic acids is 1. The van der Waals surface area contributed by atoms with Crippen molar-refractivity contribution in [2.24, 2.45) is 0 Å². The normalized spacial score (nSPS) is 31.3. The third-order valence-corrected chi connectivity index (χ3v) is 3.20. The smallest absolute Gasteiger partial charge is 0.234 e. The quantitative estimate of drug-likeness (QED) is 0.622. The Bertz CT molecular complexity index is 229. The van der Waals surface area contributed by atoms with Crippen LogP contribution in [0.15, 0.2) is 0 Å². The summed E-state index contributed by atoms with van der Waals surface area (Å²) in [5.41, 5.74) is 0. The fourth-order valence-electron chi connectivity index (χ4n) is 2.06. The number of rotatable bonds is 4. The highest BCUT2D eigenvalue weighted by Gasteiger charge is 2.25. The van der Waals surface area contributed by atoms with Gasteiger partial charge in [-0.1, -0.05) is 12.8 Å².